The third kappa shape index (κ3) is 2.22. The lowest BCUT2D eigenvalue weighted by molar-refractivity contribution is 1.28. The number of nitrogens with zero attached hydrogens (tertiary/aromatic N) is 1. The number of hydrogen-bond donors (Lipinski definition) is 0. The number of rotatable bonds is 3. The fourth-order valence-electron chi connectivity index (χ4n) is 1.39. The topological polar surface area (TPSA) is 12.9 Å². The third-order valence-electron chi connectivity index (χ3n) is 2.07. The molecule has 0 N–H and O–H groups in total. The first-order valence-electron chi connectivity index (χ1n) is 4.50. The van der Waals surface area contributed by atoms with Crippen molar-refractivity contribution in [2.45, 2.75) is 9.24 Å². The van der Waals surface area contributed by atoms with Crippen LogP contribution in [0.25, 0.3) is 11.1 Å². The summed E-state index contributed by atoms with van der Waals surface area (Å²) in [7, 11) is 0. The molecule has 78 valence electrons. The van der Waals surface area contributed by atoms with E-state index in [0.717, 1.165) is 5.03 Å². The summed E-state index contributed by atoms with van der Waals surface area (Å²) >= 11 is 5.07. The van der Waals surface area contributed by atoms with Crippen LogP contribution in [0, 0.1) is 0 Å². The van der Waals surface area contributed by atoms with Crippen LogP contribution in [-0.2, 0) is 0 Å². The average molecular weight is 253 g/mol. The van der Waals surface area contributed by atoms with Gasteiger partial charge in [-0.2, -0.15) is 4.37 Å². The minimum absolute atomic E-state index is 1.13. The fourth-order valence-corrected chi connectivity index (χ4v) is 3.74. The van der Waals surface area contributed by atoms with E-state index in [1.54, 1.807) is 35.1 Å². The molecule has 0 aliphatic carbocycles. The van der Waals surface area contributed by atoms with Crippen LogP contribution in [0.2, 0.25) is 0 Å². The van der Waals surface area contributed by atoms with E-state index in [1.165, 1.54) is 15.3 Å². The second-order valence-electron chi connectivity index (χ2n) is 2.92. The first-order valence-corrected chi connectivity index (χ1v) is 7.72. The van der Waals surface area contributed by atoms with Crippen molar-refractivity contribution in [3.8, 4) is 11.1 Å². The van der Waals surface area contributed by atoms with Gasteiger partial charge in [0.2, 0.25) is 0 Å². The van der Waals surface area contributed by atoms with E-state index in [1.807, 2.05) is 6.07 Å². The van der Waals surface area contributed by atoms with Crippen molar-refractivity contribution in [3.05, 3.63) is 30.3 Å². The lowest BCUT2D eigenvalue weighted by Gasteiger charge is -2.02. The van der Waals surface area contributed by atoms with Crippen LogP contribution in [0.15, 0.2) is 39.6 Å². The Morgan fingerprint density at radius 3 is 2.40 bits per heavy atom. The zero-order chi connectivity index (χ0) is 10.7. The molecule has 1 aromatic heterocycles. The maximum Gasteiger partial charge on any atom is 0.119 e. The number of benzene rings is 1. The smallest absolute Gasteiger partial charge is 0.119 e. The lowest BCUT2D eigenvalue weighted by atomic mass is 10.1. The number of aromatic nitrogens is 1. The van der Waals surface area contributed by atoms with Gasteiger partial charge in [-0.05, 0) is 29.6 Å². The SMILES string of the molecule is CSc1nsc(SC)c1-c1ccccc1. The van der Waals surface area contributed by atoms with E-state index in [-0.39, 0.29) is 0 Å². The highest BCUT2D eigenvalue weighted by Gasteiger charge is 2.13. The van der Waals surface area contributed by atoms with E-state index in [9.17, 15) is 0 Å². The van der Waals surface area contributed by atoms with Gasteiger partial charge in [0.1, 0.15) is 5.03 Å². The summed E-state index contributed by atoms with van der Waals surface area (Å²) in [5.74, 6) is 0. The van der Waals surface area contributed by atoms with E-state index in [4.69, 9.17) is 0 Å². The van der Waals surface area contributed by atoms with Gasteiger partial charge < -0.3 is 0 Å². The highest BCUT2D eigenvalue weighted by molar-refractivity contribution is 8.01. The Morgan fingerprint density at radius 2 is 1.80 bits per heavy atom. The van der Waals surface area contributed by atoms with Crippen LogP contribution < -0.4 is 0 Å². The Kier molecular flexibility index (Phi) is 3.72. The normalized spacial score (nSPS) is 10.5. The van der Waals surface area contributed by atoms with Gasteiger partial charge in [-0.1, -0.05) is 30.3 Å². The summed E-state index contributed by atoms with van der Waals surface area (Å²) < 4.78 is 5.76. The maximum absolute atomic E-state index is 4.47. The van der Waals surface area contributed by atoms with Crippen LogP contribution in [0.5, 0.6) is 0 Å². The summed E-state index contributed by atoms with van der Waals surface area (Å²) in [5, 5.41) is 1.13. The molecule has 2 rings (SSSR count). The largest absolute Gasteiger partial charge is 0.184 e. The summed E-state index contributed by atoms with van der Waals surface area (Å²) in [6, 6.07) is 10.5. The van der Waals surface area contributed by atoms with Crippen molar-refractivity contribution in [2.24, 2.45) is 0 Å². The van der Waals surface area contributed by atoms with Crippen LogP contribution in [0.1, 0.15) is 0 Å². The zero-order valence-corrected chi connectivity index (χ0v) is 11.0. The van der Waals surface area contributed by atoms with Gasteiger partial charge in [0.25, 0.3) is 0 Å². The summed E-state index contributed by atoms with van der Waals surface area (Å²) in [5.41, 5.74) is 2.56. The second kappa shape index (κ2) is 5.05. The van der Waals surface area contributed by atoms with Crippen LogP contribution in [0.3, 0.4) is 0 Å². The van der Waals surface area contributed by atoms with Crippen molar-refractivity contribution < 1.29 is 0 Å². The molecule has 0 radical (unpaired) electrons. The number of thioether (sulfide) groups is 2. The molecule has 0 amide bonds. The minimum Gasteiger partial charge on any atom is -0.184 e. The predicted molar refractivity (Wildman–Crippen MR) is 71.1 cm³/mol. The molecule has 2 aromatic rings. The second-order valence-corrected chi connectivity index (χ2v) is 5.57. The molecule has 1 nitrogen and oxygen atoms in total. The Morgan fingerprint density at radius 1 is 1.07 bits per heavy atom. The monoisotopic (exact) mass is 253 g/mol. The molecule has 0 saturated heterocycles. The highest BCUT2D eigenvalue weighted by atomic mass is 32.2. The van der Waals surface area contributed by atoms with Crippen molar-refractivity contribution >= 4 is 35.1 Å². The molecule has 15 heavy (non-hydrogen) atoms. The summed E-state index contributed by atoms with van der Waals surface area (Å²) in [4.78, 5) is 0. The summed E-state index contributed by atoms with van der Waals surface area (Å²) in [6.45, 7) is 0. The molecule has 4 heteroatoms. The summed E-state index contributed by atoms with van der Waals surface area (Å²) in [6.07, 6.45) is 4.18. The Balaban J connectivity index is 2.55. The van der Waals surface area contributed by atoms with Gasteiger partial charge >= 0.3 is 0 Å². The molecule has 0 saturated carbocycles. The first kappa shape index (κ1) is 11.0. The van der Waals surface area contributed by atoms with E-state index in [2.05, 4.69) is 41.2 Å². The molecule has 0 spiro atoms. The third-order valence-corrected chi connectivity index (χ3v) is 4.81. The van der Waals surface area contributed by atoms with E-state index >= 15 is 0 Å². The van der Waals surface area contributed by atoms with Gasteiger partial charge in [0.05, 0.1) is 4.21 Å². The van der Waals surface area contributed by atoms with Gasteiger partial charge in [0, 0.05) is 5.56 Å². The van der Waals surface area contributed by atoms with Gasteiger partial charge in [-0.3, -0.25) is 0 Å². The standard InChI is InChI=1S/C11H11NS3/c1-13-10-9(11(14-2)15-12-10)8-6-4-3-5-7-8/h3-7H,1-2H3. The quantitative estimate of drug-likeness (QED) is 0.759. The molecular weight excluding hydrogens is 242 g/mol. The number of hydrogen-bond acceptors (Lipinski definition) is 4. The van der Waals surface area contributed by atoms with Crippen molar-refractivity contribution in [1.29, 1.82) is 0 Å². The molecule has 0 atom stereocenters. The fraction of sp³-hybridized carbons (Fsp3) is 0.182. The van der Waals surface area contributed by atoms with E-state index < -0.39 is 0 Å². The van der Waals surface area contributed by atoms with E-state index in [0.29, 0.717) is 0 Å². The zero-order valence-electron chi connectivity index (χ0n) is 8.56. The average Bonchev–Trinajstić information content (AvgIpc) is 2.72. The van der Waals surface area contributed by atoms with Crippen LogP contribution >= 0.6 is 35.1 Å². The Bertz CT molecular complexity index is 415. The molecule has 0 aliphatic rings. The molecule has 1 heterocycles. The van der Waals surface area contributed by atoms with Crippen molar-refractivity contribution in [2.75, 3.05) is 12.5 Å². The van der Waals surface area contributed by atoms with Crippen LogP contribution in [-0.4, -0.2) is 16.9 Å². The van der Waals surface area contributed by atoms with Crippen molar-refractivity contribution in [3.63, 3.8) is 0 Å². The lowest BCUT2D eigenvalue weighted by Crippen LogP contribution is -1.79. The molecule has 1 aromatic carbocycles. The maximum atomic E-state index is 4.47. The van der Waals surface area contributed by atoms with Crippen LogP contribution in [0.4, 0.5) is 0 Å². The van der Waals surface area contributed by atoms with Gasteiger partial charge in [-0.25, -0.2) is 0 Å². The first-order chi connectivity index (χ1) is 7.36. The van der Waals surface area contributed by atoms with Gasteiger partial charge in [-0.15, -0.1) is 23.5 Å². The van der Waals surface area contributed by atoms with Crippen molar-refractivity contribution in [1.82, 2.24) is 4.37 Å². The van der Waals surface area contributed by atoms with Gasteiger partial charge in [0.15, 0.2) is 0 Å². The highest BCUT2D eigenvalue weighted by Crippen LogP contribution is 2.39. The minimum atomic E-state index is 1.13. The molecule has 0 bridgehead atoms. The Hall–Kier alpha value is -0.450. The Labute approximate surface area is 102 Å². The molecule has 0 fully saturated rings. The molecular formula is C11H11NS3. The predicted octanol–water partition coefficient (Wildman–Crippen LogP) is 4.25. The molecule has 0 aliphatic heterocycles. The molecule has 0 unspecified atom stereocenters.